The van der Waals surface area contributed by atoms with Crippen molar-refractivity contribution in [2.24, 2.45) is 0 Å². The van der Waals surface area contributed by atoms with E-state index in [4.69, 9.17) is 14.9 Å². The van der Waals surface area contributed by atoms with Crippen LogP contribution in [0, 0.1) is 0 Å². The fourth-order valence-electron chi connectivity index (χ4n) is 2.65. The van der Waals surface area contributed by atoms with Crippen LogP contribution in [0.5, 0.6) is 0 Å². The topological polar surface area (TPSA) is 78.8 Å². The normalized spacial score (nSPS) is 10.4. The molecule has 0 radical (unpaired) electrons. The Kier molecular flexibility index (Phi) is 29.2. The lowest BCUT2D eigenvalue weighted by atomic mass is 10.1. The zero-order valence-electron chi connectivity index (χ0n) is 18.1. The number of carbonyl (C=O) groups excluding carboxylic acids is 1. The molecule has 0 aromatic heterocycles. The van der Waals surface area contributed by atoms with Crippen molar-refractivity contribution in [3.63, 3.8) is 0 Å². The molecule has 0 bridgehead atoms. The van der Waals surface area contributed by atoms with E-state index in [1.807, 2.05) is 0 Å². The van der Waals surface area contributed by atoms with E-state index in [2.05, 4.69) is 19.2 Å². The van der Waals surface area contributed by atoms with Gasteiger partial charge in [0, 0.05) is 19.5 Å². The SMILES string of the molecule is CCCCCCCCCC(=O)OCCCCCCCC.OCCNCCO. The standard InChI is InChI=1S/C18H36O2.C4H11NO2/c1-3-5-7-9-11-12-14-16-18(19)20-17-15-13-10-8-6-4-2;6-3-1-5-2-4-7/h3-17H2,1-2H3;5-7H,1-4H2. The highest BCUT2D eigenvalue weighted by molar-refractivity contribution is 5.69. The predicted octanol–water partition coefficient (Wildman–Crippen LogP) is 4.59. The molecule has 0 aromatic rings. The summed E-state index contributed by atoms with van der Waals surface area (Å²) < 4.78 is 5.25. The van der Waals surface area contributed by atoms with E-state index in [0.29, 0.717) is 26.1 Å². The van der Waals surface area contributed by atoms with Gasteiger partial charge in [0.15, 0.2) is 0 Å². The van der Waals surface area contributed by atoms with Crippen LogP contribution < -0.4 is 5.32 Å². The van der Waals surface area contributed by atoms with Gasteiger partial charge in [0.2, 0.25) is 0 Å². The molecule has 0 saturated carbocycles. The quantitative estimate of drug-likeness (QED) is 0.222. The van der Waals surface area contributed by atoms with Crippen molar-refractivity contribution in [1.82, 2.24) is 5.32 Å². The maximum Gasteiger partial charge on any atom is 0.305 e. The van der Waals surface area contributed by atoms with Crippen LogP contribution in [0.3, 0.4) is 0 Å². The van der Waals surface area contributed by atoms with E-state index in [1.54, 1.807) is 0 Å². The molecule has 0 rings (SSSR count). The molecule has 5 heteroatoms. The van der Waals surface area contributed by atoms with Crippen LogP contribution in [-0.4, -0.2) is 49.1 Å². The smallest absolute Gasteiger partial charge is 0.305 e. The fourth-order valence-corrected chi connectivity index (χ4v) is 2.65. The third kappa shape index (κ3) is 30.3. The van der Waals surface area contributed by atoms with E-state index in [0.717, 1.165) is 12.8 Å². The summed E-state index contributed by atoms with van der Waals surface area (Å²) in [6.45, 7) is 6.51. The highest BCUT2D eigenvalue weighted by Gasteiger charge is 2.02. The Bertz CT molecular complexity index is 251. The molecular formula is C22H47NO4. The molecular weight excluding hydrogens is 342 g/mol. The van der Waals surface area contributed by atoms with Gasteiger partial charge in [-0.3, -0.25) is 4.79 Å². The van der Waals surface area contributed by atoms with Gasteiger partial charge in [0.1, 0.15) is 0 Å². The van der Waals surface area contributed by atoms with Gasteiger partial charge in [-0.15, -0.1) is 0 Å². The van der Waals surface area contributed by atoms with Crippen molar-refractivity contribution in [1.29, 1.82) is 0 Å². The summed E-state index contributed by atoms with van der Waals surface area (Å²) in [7, 11) is 0. The fraction of sp³-hybridized carbons (Fsp3) is 0.955. The van der Waals surface area contributed by atoms with Gasteiger partial charge in [0.25, 0.3) is 0 Å². The van der Waals surface area contributed by atoms with Gasteiger partial charge in [-0.2, -0.15) is 0 Å². The summed E-state index contributed by atoms with van der Waals surface area (Å²) in [5.41, 5.74) is 0. The lowest BCUT2D eigenvalue weighted by Crippen LogP contribution is -2.21. The number of unbranched alkanes of at least 4 members (excludes halogenated alkanes) is 11. The maximum absolute atomic E-state index is 11.5. The summed E-state index contributed by atoms with van der Waals surface area (Å²) in [5, 5.41) is 19.1. The van der Waals surface area contributed by atoms with Crippen LogP contribution in [-0.2, 0) is 9.53 Å². The van der Waals surface area contributed by atoms with Crippen molar-refractivity contribution in [3.05, 3.63) is 0 Å². The number of rotatable bonds is 19. The summed E-state index contributed by atoms with van der Waals surface area (Å²) in [4.78, 5) is 11.5. The van der Waals surface area contributed by atoms with Crippen LogP contribution in [0.1, 0.15) is 104 Å². The number of esters is 1. The summed E-state index contributed by atoms with van der Waals surface area (Å²) in [6, 6.07) is 0. The number of hydrogen-bond acceptors (Lipinski definition) is 5. The zero-order chi connectivity index (χ0) is 20.4. The van der Waals surface area contributed by atoms with E-state index in [1.165, 1.54) is 70.6 Å². The molecule has 0 aliphatic heterocycles. The molecule has 0 aliphatic carbocycles. The zero-order valence-corrected chi connectivity index (χ0v) is 18.1. The minimum Gasteiger partial charge on any atom is -0.466 e. The van der Waals surface area contributed by atoms with E-state index < -0.39 is 0 Å². The van der Waals surface area contributed by atoms with Crippen molar-refractivity contribution in [2.45, 2.75) is 104 Å². The number of nitrogens with one attached hydrogen (secondary N) is 1. The molecule has 0 amide bonds. The lowest BCUT2D eigenvalue weighted by molar-refractivity contribution is -0.143. The number of carbonyl (C=O) groups is 1. The first-order chi connectivity index (χ1) is 13.2. The molecule has 27 heavy (non-hydrogen) atoms. The van der Waals surface area contributed by atoms with E-state index in [9.17, 15) is 4.79 Å². The molecule has 5 nitrogen and oxygen atoms in total. The Balaban J connectivity index is 0. The summed E-state index contributed by atoms with van der Waals surface area (Å²) in [5.74, 6) is 0.00659. The molecule has 0 heterocycles. The summed E-state index contributed by atoms with van der Waals surface area (Å²) >= 11 is 0. The molecule has 0 atom stereocenters. The average molecular weight is 390 g/mol. The molecule has 0 aliphatic rings. The number of hydrogen-bond donors (Lipinski definition) is 3. The Hall–Kier alpha value is -0.650. The first-order valence-corrected chi connectivity index (χ1v) is 11.3. The second-order valence-electron chi connectivity index (χ2n) is 7.06. The Morgan fingerprint density at radius 1 is 0.704 bits per heavy atom. The highest BCUT2D eigenvalue weighted by Crippen LogP contribution is 2.09. The van der Waals surface area contributed by atoms with Gasteiger partial charge < -0.3 is 20.3 Å². The van der Waals surface area contributed by atoms with Gasteiger partial charge in [0.05, 0.1) is 19.8 Å². The Morgan fingerprint density at radius 2 is 1.15 bits per heavy atom. The second kappa shape index (κ2) is 27.6. The number of ether oxygens (including phenoxy) is 1. The molecule has 0 unspecified atom stereocenters. The number of aliphatic hydroxyl groups is 2. The van der Waals surface area contributed by atoms with Crippen molar-refractivity contribution >= 4 is 5.97 Å². The monoisotopic (exact) mass is 389 g/mol. The van der Waals surface area contributed by atoms with Crippen molar-refractivity contribution < 1.29 is 19.7 Å². The number of aliphatic hydroxyl groups excluding tert-OH is 2. The van der Waals surface area contributed by atoms with Gasteiger partial charge in [-0.05, 0) is 12.8 Å². The van der Waals surface area contributed by atoms with Crippen LogP contribution >= 0.6 is 0 Å². The second-order valence-corrected chi connectivity index (χ2v) is 7.06. The third-order valence-electron chi connectivity index (χ3n) is 4.32. The minimum atomic E-state index is 0.00659. The predicted molar refractivity (Wildman–Crippen MR) is 114 cm³/mol. The Labute approximate surface area is 168 Å². The first kappa shape index (κ1) is 28.6. The van der Waals surface area contributed by atoms with E-state index in [-0.39, 0.29) is 19.2 Å². The van der Waals surface area contributed by atoms with Crippen molar-refractivity contribution in [3.8, 4) is 0 Å². The van der Waals surface area contributed by atoms with Crippen LogP contribution in [0.4, 0.5) is 0 Å². The van der Waals surface area contributed by atoms with Gasteiger partial charge in [-0.25, -0.2) is 0 Å². The van der Waals surface area contributed by atoms with E-state index >= 15 is 0 Å². The molecule has 0 spiro atoms. The van der Waals surface area contributed by atoms with Gasteiger partial charge in [-0.1, -0.05) is 84.5 Å². The third-order valence-corrected chi connectivity index (χ3v) is 4.32. The lowest BCUT2D eigenvalue weighted by Gasteiger charge is -2.05. The molecule has 0 fully saturated rings. The average Bonchev–Trinajstić information content (AvgIpc) is 2.67. The van der Waals surface area contributed by atoms with Crippen LogP contribution in [0.2, 0.25) is 0 Å². The first-order valence-electron chi connectivity index (χ1n) is 11.3. The maximum atomic E-state index is 11.5. The highest BCUT2D eigenvalue weighted by atomic mass is 16.5. The van der Waals surface area contributed by atoms with Gasteiger partial charge >= 0.3 is 5.97 Å². The largest absolute Gasteiger partial charge is 0.466 e. The van der Waals surface area contributed by atoms with Crippen LogP contribution in [0.25, 0.3) is 0 Å². The van der Waals surface area contributed by atoms with Crippen molar-refractivity contribution in [2.75, 3.05) is 32.9 Å². The molecule has 0 aromatic carbocycles. The Morgan fingerprint density at radius 3 is 1.63 bits per heavy atom. The summed E-state index contributed by atoms with van der Waals surface area (Å²) in [6.07, 6.45) is 16.8. The minimum absolute atomic E-state index is 0.00659. The van der Waals surface area contributed by atoms with Crippen LogP contribution in [0.15, 0.2) is 0 Å². The molecule has 164 valence electrons. The molecule has 0 saturated heterocycles. The molecule has 3 N–H and O–H groups in total.